The highest BCUT2D eigenvalue weighted by molar-refractivity contribution is 9.10. The first-order valence-corrected chi connectivity index (χ1v) is 7.32. The molecule has 3 nitrogen and oxygen atoms in total. The molecule has 2 rings (SSSR count). The molecule has 21 heavy (non-hydrogen) atoms. The Morgan fingerprint density at radius 2 is 1.90 bits per heavy atom. The van der Waals surface area contributed by atoms with E-state index in [-0.39, 0.29) is 17.1 Å². The average Bonchev–Trinajstić information content (AvgIpc) is 2.41. The molecule has 0 unspecified atom stereocenters. The van der Waals surface area contributed by atoms with Crippen LogP contribution >= 0.6 is 28.1 Å². The molecule has 0 fully saturated rings. The predicted molar refractivity (Wildman–Crippen MR) is 86.1 cm³/mol. The molecule has 1 aromatic carbocycles. The van der Waals surface area contributed by atoms with E-state index in [1.807, 2.05) is 0 Å². The maximum Gasteiger partial charge on any atom is 0.169 e. The van der Waals surface area contributed by atoms with E-state index in [0.717, 1.165) is 5.56 Å². The van der Waals surface area contributed by atoms with E-state index in [1.54, 1.807) is 12.3 Å². The Labute approximate surface area is 134 Å². The summed E-state index contributed by atoms with van der Waals surface area (Å²) in [6, 6.07) is 5.62. The third-order valence-electron chi connectivity index (χ3n) is 2.92. The van der Waals surface area contributed by atoms with Crippen LogP contribution in [0.1, 0.15) is 11.1 Å². The Morgan fingerprint density at radius 3 is 2.52 bits per heavy atom. The molecule has 2 aromatic rings. The lowest BCUT2D eigenvalue weighted by Gasteiger charge is -2.10. The van der Waals surface area contributed by atoms with Crippen LogP contribution in [0, 0.1) is 11.6 Å². The number of nitrogens with zero attached hydrogens (tertiary/aromatic N) is 1. The Morgan fingerprint density at radius 1 is 1.24 bits per heavy atom. The highest BCUT2D eigenvalue weighted by atomic mass is 79.9. The maximum atomic E-state index is 13.6. The SMILES string of the molecule is NC(=S)Nc1nccc(CCc2c(F)cccc2F)c1Br. The molecule has 0 spiro atoms. The summed E-state index contributed by atoms with van der Waals surface area (Å²) in [7, 11) is 0. The van der Waals surface area contributed by atoms with Gasteiger partial charge in [0.1, 0.15) is 17.5 Å². The molecular formula is C14H12BrF2N3S. The van der Waals surface area contributed by atoms with Gasteiger partial charge in [-0.3, -0.25) is 0 Å². The Kier molecular flexibility index (Phi) is 5.19. The van der Waals surface area contributed by atoms with E-state index < -0.39 is 11.6 Å². The van der Waals surface area contributed by atoms with Crippen molar-refractivity contribution in [2.75, 3.05) is 5.32 Å². The van der Waals surface area contributed by atoms with E-state index in [1.165, 1.54) is 18.2 Å². The summed E-state index contributed by atoms with van der Waals surface area (Å²) in [5.41, 5.74) is 6.34. The van der Waals surface area contributed by atoms with Crippen LogP contribution in [0.4, 0.5) is 14.6 Å². The summed E-state index contributed by atoms with van der Waals surface area (Å²) >= 11 is 8.16. The van der Waals surface area contributed by atoms with Crippen molar-refractivity contribution in [1.82, 2.24) is 4.98 Å². The van der Waals surface area contributed by atoms with Crippen LogP contribution in [0.2, 0.25) is 0 Å². The molecular weight excluding hydrogens is 360 g/mol. The molecule has 1 aromatic heterocycles. The largest absolute Gasteiger partial charge is 0.376 e. The fourth-order valence-electron chi connectivity index (χ4n) is 1.91. The smallest absolute Gasteiger partial charge is 0.169 e. The van der Waals surface area contributed by atoms with E-state index >= 15 is 0 Å². The van der Waals surface area contributed by atoms with Crippen molar-refractivity contribution in [2.24, 2.45) is 5.73 Å². The van der Waals surface area contributed by atoms with Gasteiger partial charge in [-0.25, -0.2) is 13.8 Å². The van der Waals surface area contributed by atoms with Crippen LogP contribution in [0.3, 0.4) is 0 Å². The molecule has 3 N–H and O–H groups in total. The van der Waals surface area contributed by atoms with Gasteiger partial charge in [0.15, 0.2) is 5.11 Å². The van der Waals surface area contributed by atoms with Crippen molar-refractivity contribution in [3.8, 4) is 0 Å². The van der Waals surface area contributed by atoms with Gasteiger partial charge >= 0.3 is 0 Å². The normalized spacial score (nSPS) is 10.4. The van der Waals surface area contributed by atoms with Crippen molar-refractivity contribution in [3.05, 3.63) is 57.7 Å². The highest BCUT2D eigenvalue weighted by Gasteiger charge is 2.11. The summed E-state index contributed by atoms with van der Waals surface area (Å²) in [5, 5.41) is 2.84. The van der Waals surface area contributed by atoms with Gasteiger partial charge in [0.25, 0.3) is 0 Å². The first kappa shape index (κ1) is 15.8. The number of benzene rings is 1. The zero-order valence-corrected chi connectivity index (χ0v) is 13.3. The second kappa shape index (κ2) is 6.91. The van der Waals surface area contributed by atoms with Crippen molar-refractivity contribution in [1.29, 1.82) is 0 Å². The van der Waals surface area contributed by atoms with E-state index in [4.69, 9.17) is 18.0 Å². The van der Waals surface area contributed by atoms with Crippen LogP contribution in [0.15, 0.2) is 34.9 Å². The standard InChI is InChI=1S/C14H12BrF2N3S/c15-12-8(6-7-19-13(12)20-14(18)21)4-5-9-10(16)2-1-3-11(9)17/h1-3,6-7H,4-5H2,(H3,18,19,20,21). The number of nitrogens with one attached hydrogen (secondary N) is 1. The second-order valence-corrected chi connectivity index (χ2v) is 5.55. The van der Waals surface area contributed by atoms with Gasteiger partial charge in [-0.15, -0.1) is 0 Å². The van der Waals surface area contributed by atoms with Crippen LogP contribution in [-0.2, 0) is 12.8 Å². The number of anilines is 1. The number of pyridine rings is 1. The van der Waals surface area contributed by atoms with E-state index in [2.05, 4.69) is 26.2 Å². The lowest BCUT2D eigenvalue weighted by atomic mass is 10.0. The third kappa shape index (κ3) is 3.95. The molecule has 0 bridgehead atoms. The number of hydrogen-bond acceptors (Lipinski definition) is 2. The minimum Gasteiger partial charge on any atom is -0.376 e. The summed E-state index contributed by atoms with van der Waals surface area (Å²) in [6.07, 6.45) is 2.28. The molecule has 1 heterocycles. The van der Waals surface area contributed by atoms with Crippen LogP contribution in [0.5, 0.6) is 0 Å². The van der Waals surface area contributed by atoms with Gasteiger partial charge in [-0.2, -0.15) is 0 Å². The summed E-state index contributed by atoms with van der Waals surface area (Å²) in [5.74, 6) is -0.600. The lowest BCUT2D eigenvalue weighted by Crippen LogP contribution is -2.20. The molecule has 0 aliphatic heterocycles. The summed E-state index contributed by atoms with van der Waals surface area (Å²) < 4.78 is 27.9. The molecule has 7 heteroatoms. The Bertz CT molecular complexity index is 659. The minimum atomic E-state index is -0.540. The zero-order chi connectivity index (χ0) is 15.4. The van der Waals surface area contributed by atoms with Gasteiger partial charge in [0.05, 0.1) is 4.47 Å². The average molecular weight is 372 g/mol. The molecule has 0 radical (unpaired) electrons. The van der Waals surface area contributed by atoms with Crippen LogP contribution in [-0.4, -0.2) is 10.1 Å². The zero-order valence-electron chi connectivity index (χ0n) is 10.9. The summed E-state index contributed by atoms with van der Waals surface area (Å²) in [4.78, 5) is 4.10. The van der Waals surface area contributed by atoms with Crippen LogP contribution < -0.4 is 11.1 Å². The van der Waals surface area contributed by atoms with Crippen LogP contribution in [0.25, 0.3) is 0 Å². The van der Waals surface area contributed by atoms with Crippen molar-refractivity contribution >= 4 is 39.1 Å². The fourth-order valence-corrected chi connectivity index (χ4v) is 2.54. The van der Waals surface area contributed by atoms with Crippen molar-refractivity contribution < 1.29 is 8.78 Å². The predicted octanol–water partition coefficient (Wildman–Crippen LogP) is 3.56. The molecule has 0 atom stereocenters. The number of aryl methyl sites for hydroxylation is 1. The number of aromatic nitrogens is 1. The number of halogens is 3. The Hall–Kier alpha value is -1.60. The summed E-state index contributed by atoms with van der Waals surface area (Å²) in [6.45, 7) is 0. The molecule has 0 saturated heterocycles. The third-order valence-corrected chi connectivity index (χ3v) is 3.90. The second-order valence-electron chi connectivity index (χ2n) is 4.32. The van der Waals surface area contributed by atoms with Gasteiger partial charge in [-0.1, -0.05) is 6.07 Å². The highest BCUT2D eigenvalue weighted by Crippen LogP contribution is 2.26. The number of rotatable bonds is 4. The van der Waals surface area contributed by atoms with Gasteiger partial charge in [0, 0.05) is 11.8 Å². The first-order chi connectivity index (χ1) is 9.99. The topological polar surface area (TPSA) is 50.9 Å². The maximum absolute atomic E-state index is 13.6. The van der Waals surface area contributed by atoms with Gasteiger partial charge in [0.2, 0.25) is 0 Å². The quantitative estimate of drug-likeness (QED) is 0.806. The van der Waals surface area contributed by atoms with Gasteiger partial charge in [-0.05, 0) is 64.8 Å². The molecule has 0 saturated carbocycles. The number of nitrogens with two attached hydrogens (primary N) is 1. The number of thiocarbonyl (C=S) groups is 1. The molecule has 0 aliphatic carbocycles. The van der Waals surface area contributed by atoms with E-state index in [0.29, 0.717) is 16.7 Å². The molecule has 110 valence electrons. The van der Waals surface area contributed by atoms with Crippen molar-refractivity contribution in [3.63, 3.8) is 0 Å². The first-order valence-electron chi connectivity index (χ1n) is 6.11. The molecule has 0 amide bonds. The number of hydrogen-bond donors (Lipinski definition) is 2. The molecule has 0 aliphatic rings. The fraction of sp³-hybridized carbons (Fsp3) is 0.143. The van der Waals surface area contributed by atoms with Gasteiger partial charge < -0.3 is 11.1 Å². The van der Waals surface area contributed by atoms with Crippen molar-refractivity contribution in [2.45, 2.75) is 12.8 Å². The Balaban J connectivity index is 2.19. The van der Waals surface area contributed by atoms with E-state index in [9.17, 15) is 8.78 Å². The minimum absolute atomic E-state index is 0.0741. The lowest BCUT2D eigenvalue weighted by molar-refractivity contribution is 0.554. The monoisotopic (exact) mass is 371 g/mol.